The van der Waals surface area contributed by atoms with Crippen LogP contribution >= 0.6 is 0 Å². The van der Waals surface area contributed by atoms with Crippen LogP contribution in [-0.4, -0.2) is 36.7 Å². The molecule has 0 heterocycles. The summed E-state index contributed by atoms with van der Waals surface area (Å²) in [5.41, 5.74) is 0.561. The van der Waals surface area contributed by atoms with E-state index in [1.54, 1.807) is 0 Å². The van der Waals surface area contributed by atoms with Gasteiger partial charge in [-0.15, -0.1) is 0 Å². The molecule has 0 aromatic heterocycles. The molecule has 1 aromatic rings. The summed E-state index contributed by atoms with van der Waals surface area (Å²) in [5.74, 6) is -1.04. The van der Waals surface area contributed by atoms with Gasteiger partial charge < -0.3 is 20.5 Å². The van der Waals surface area contributed by atoms with Crippen molar-refractivity contribution in [3.05, 3.63) is 23.8 Å². The molecule has 1 rings (SSSR count). The molecule has 0 aliphatic rings. The van der Waals surface area contributed by atoms with Crippen LogP contribution in [-0.2, 0) is 4.79 Å². The lowest BCUT2D eigenvalue weighted by molar-refractivity contribution is -0.115. The fourth-order valence-corrected chi connectivity index (χ4v) is 1.56. The van der Waals surface area contributed by atoms with Crippen molar-refractivity contribution in [1.82, 2.24) is 5.32 Å². The van der Waals surface area contributed by atoms with Crippen molar-refractivity contribution >= 4 is 17.6 Å². The van der Waals surface area contributed by atoms with Crippen LogP contribution in [0.2, 0.25) is 0 Å². The molecule has 0 aliphatic heterocycles. The van der Waals surface area contributed by atoms with Gasteiger partial charge in [0.05, 0.1) is 13.7 Å². The molecule has 3 N–H and O–H groups in total. The zero-order chi connectivity index (χ0) is 15.1. The summed E-state index contributed by atoms with van der Waals surface area (Å²) in [7, 11) is 1.39. The Morgan fingerprint density at radius 2 is 2.10 bits per heavy atom. The van der Waals surface area contributed by atoms with Gasteiger partial charge in [-0.2, -0.15) is 0 Å². The maximum absolute atomic E-state index is 11.7. The van der Waals surface area contributed by atoms with Crippen LogP contribution in [0.15, 0.2) is 18.2 Å². The molecule has 0 saturated heterocycles. The minimum absolute atomic E-state index is 0.0585. The van der Waals surface area contributed by atoms with Crippen molar-refractivity contribution in [2.75, 3.05) is 19.0 Å². The molecule has 6 heteroatoms. The number of carbonyl (C=O) groups is 2. The lowest BCUT2D eigenvalue weighted by atomic mass is 10.2. The van der Waals surface area contributed by atoms with Gasteiger partial charge in [-0.25, -0.2) is 4.79 Å². The fourth-order valence-electron chi connectivity index (χ4n) is 1.56. The zero-order valence-corrected chi connectivity index (χ0v) is 11.9. The predicted octanol–water partition coefficient (Wildman–Crippen LogP) is 1.72. The van der Waals surface area contributed by atoms with Gasteiger partial charge in [0, 0.05) is 17.8 Å². The third kappa shape index (κ3) is 4.55. The number of methoxy groups -OCH3 is 1. The van der Waals surface area contributed by atoms with Gasteiger partial charge in [-0.1, -0.05) is 6.92 Å². The molecule has 1 unspecified atom stereocenters. The lowest BCUT2D eigenvalue weighted by Crippen LogP contribution is -2.33. The summed E-state index contributed by atoms with van der Waals surface area (Å²) in [6.07, 6.45) is 0.939. The van der Waals surface area contributed by atoms with Crippen molar-refractivity contribution < 1.29 is 19.4 Å². The Labute approximate surface area is 118 Å². The average Bonchev–Trinajstić information content (AvgIpc) is 2.44. The van der Waals surface area contributed by atoms with Gasteiger partial charge in [0.15, 0.2) is 0 Å². The number of rotatable bonds is 7. The Morgan fingerprint density at radius 3 is 2.65 bits per heavy atom. The molecule has 1 aromatic carbocycles. The number of carbonyl (C=O) groups excluding carboxylic acids is 1. The molecule has 0 saturated carbocycles. The van der Waals surface area contributed by atoms with Crippen LogP contribution in [0.4, 0.5) is 5.69 Å². The zero-order valence-electron chi connectivity index (χ0n) is 11.9. The molecule has 0 fully saturated rings. The highest BCUT2D eigenvalue weighted by Gasteiger charge is 2.12. The van der Waals surface area contributed by atoms with Gasteiger partial charge in [-0.05, 0) is 25.5 Å². The summed E-state index contributed by atoms with van der Waals surface area (Å²) in [4.78, 5) is 22.7. The molecule has 110 valence electrons. The van der Waals surface area contributed by atoms with Crippen molar-refractivity contribution in [3.8, 4) is 5.75 Å². The number of amides is 1. The summed E-state index contributed by atoms with van der Waals surface area (Å²) in [6, 6.07) is 4.70. The van der Waals surface area contributed by atoms with E-state index in [1.807, 2.05) is 13.8 Å². The Bertz CT molecular complexity index is 488. The molecule has 0 bridgehead atoms. The second-order valence-corrected chi connectivity index (χ2v) is 4.46. The quantitative estimate of drug-likeness (QED) is 0.708. The van der Waals surface area contributed by atoms with Crippen LogP contribution in [0.25, 0.3) is 0 Å². The van der Waals surface area contributed by atoms with Crippen molar-refractivity contribution in [2.45, 2.75) is 26.3 Å². The van der Waals surface area contributed by atoms with E-state index >= 15 is 0 Å². The second-order valence-electron chi connectivity index (χ2n) is 4.46. The topological polar surface area (TPSA) is 87.7 Å². The average molecular weight is 280 g/mol. The Balaban J connectivity index is 2.69. The molecule has 1 atom stereocenters. The maximum Gasteiger partial charge on any atom is 0.339 e. The first-order valence-electron chi connectivity index (χ1n) is 6.42. The minimum atomic E-state index is -1.07. The largest absolute Gasteiger partial charge is 0.496 e. The van der Waals surface area contributed by atoms with E-state index in [2.05, 4.69) is 10.6 Å². The molecule has 20 heavy (non-hydrogen) atoms. The number of benzene rings is 1. The first-order chi connectivity index (χ1) is 9.47. The summed E-state index contributed by atoms with van der Waals surface area (Å²) >= 11 is 0. The molecular formula is C14H20N2O4. The number of carboxylic acid groups (broad SMARTS) is 1. The van der Waals surface area contributed by atoms with E-state index in [0.29, 0.717) is 5.69 Å². The Hall–Kier alpha value is -2.08. The van der Waals surface area contributed by atoms with Gasteiger partial charge in [0.1, 0.15) is 11.3 Å². The summed E-state index contributed by atoms with van der Waals surface area (Å²) in [6.45, 7) is 4.24. The fraction of sp³-hybridized carbons (Fsp3) is 0.429. The van der Waals surface area contributed by atoms with Crippen molar-refractivity contribution in [2.24, 2.45) is 0 Å². The molecule has 6 nitrogen and oxygen atoms in total. The van der Waals surface area contributed by atoms with E-state index in [4.69, 9.17) is 9.84 Å². The highest BCUT2D eigenvalue weighted by Crippen LogP contribution is 2.23. The standard InChI is InChI=1S/C14H20N2O4/c1-4-9(2)15-8-13(17)16-10-5-6-11(14(18)19)12(7-10)20-3/h5-7,9,15H,4,8H2,1-3H3,(H,16,17)(H,18,19). The van der Waals surface area contributed by atoms with E-state index in [9.17, 15) is 9.59 Å². The number of anilines is 1. The van der Waals surface area contributed by atoms with E-state index in [1.165, 1.54) is 25.3 Å². The SMILES string of the molecule is CCC(C)NCC(=O)Nc1ccc(C(=O)O)c(OC)c1. The number of ether oxygens (including phenoxy) is 1. The number of nitrogens with one attached hydrogen (secondary N) is 2. The number of aromatic carboxylic acids is 1. The van der Waals surface area contributed by atoms with E-state index in [0.717, 1.165) is 6.42 Å². The molecule has 1 amide bonds. The van der Waals surface area contributed by atoms with Gasteiger partial charge in [0.25, 0.3) is 0 Å². The van der Waals surface area contributed by atoms with E-state index < -0.39 is 5.97 Å². The van der Waals surface area contributed by atoms with Gasteiger partial charge >= 0.3 is 5.97 Å². The number of hydrogen-bond acceptors (Lipinski definition) is 4. The van der Waals surface area contributed by atoms with Gasteiger partial charge in [0.2, 0.25) is 5.91 Å². The van der Waals surface area contributed by atoms with Gasteiger partial charge in [-0.3, -0.25) is 4.79 Å². The highest BCUT2D eigenvalue weighted by atomic mass is 16.5. The Kier molecular flexibility index (Phi) is 5.99. The normalized spacial score (nSPS) is 11.8. The van der Waals surface area contributed by atoms with Crippen LogP contribution < -0.4 is 15.4 Å². The molecular weight excluding hydrogens is 260 g/mol. The molecule has 0 aliphatic carbocycles. The van der Waals surface area contributed by atoms with Crippen LogP contribution in [0.5, 0.6) is 5.75 Å². The number of hydrogen-bond donors (Lipinski definition) is 3. The first kappa shape index (κ1) is 16.0. The van der Waals surface area contributed by atoms with E-state index in [-0.39, 0.29) is 29.8 Å². The smallest absolute Gasteiger partial charge is 0.339 e. The monoisotopic (exact) mass is 280 g/mol. The van der Waals surface area contributed by atoms with Crippen LogP contribution in [0.3, 0.4) is 0 Å². The van der Waals surface area contributed by atoms with Crippen molar-refractivity contribution in [3.63, 3.8) is 0 Å². The molecule has 0 spiro atoms. The minimum Gasteiger partial charge on any atom is -0.496 e. The maximum atomic E-state index is 11.7. The number of carboxylic acids is 1. The first-order valence-corrected chi connectivity index (χ1v) is 6.42. The third-order valence-corrected chi connectivity index (χ3v) is 2.94. The third-order valence-electron chi connectivity index (χ3n) is 2.94. The Morgan fingerprint density at radius 1 is 1.40 bits per heavy atom. The lowest BCUT2D eigenvalue weighted by Gasteiger charge is -2.12. The second kappa shape index (κ2) is 7.49. The highest BCUT2D eigenvalue weighted by molar-refractivity contribution is 5.95. The molecule has 0 radical (unpaired) electrons. The summed E-state index contributed by atoms with van der Waals surface area (Å²) in [5, 5.41) is 14.7. The predicted molar refractivity (Wildman–Crippen MR) is 76.3 cm³/mol. The van der Waals surface area contributed by atoms with Crippen LogP contribution in [0, 0.1) is 0 Å². The van der Waals surface area contributed by atoms with Crippen LogP contribution in [0.1, 0.15) is 30.6 Å². The summed E-state index contributed by atoms with van der Waals surface area (Å²) < 4.78 is 5.00. The van der Waals surface area contributed by atoms with Crippen molar-refractivity contribution in [1.29, 1.82) is 0 Å².